The molecule has 6 rings (SSSR count). The smallest absolute Gasteiger partial charge is 0.338 e. The number of carbonyl (C=O) groups is 3. The lowest BCUT2D eigenvalue weighted by Crippen LogP contribution is -2.81. The molecule has 0 unspecified atom stereocenters. The summed E-state index contributed by atoms with van der Waals surface area (Å²) in [6.45, 7) is 3.09. The molecular formula is C33H34O9. The highest BCUT2D eigenvalue weighted by Crippen LogP contribution is 2.66. The lowest BCUT2D eigenvalue weighted by Gasteiger charge is -2.68. The highest BCUT2D eigenvalue weighted by Gasteiger charge is 2.78. The number of aliphatic hydroxyl groups excluding tert-OH is 1. The maximum atomic E-state index is 13.6. The predicted molar refractivity (Wildman–Crippen MR) is 148 cm³/mol. The summed E-state index contributed by atoms with van der Waals surface area (Å²) >= 11 is 0. The topological polar surface area (TPSA) is 144 Å². The fourth-order valence-electron chi connectivity index (χ4n) is 7.96. The van der Waals surface area contributed by atoms with E-state index >= 15 is 0 Å². The average molecular weight is 575 g/mol. The molecule has 3 aromatic rings. The number of carboxylic acid groups (broad SMARTS) is 1. The Balaban J connectivity index is 1.55. The minimum atomic E-state index is -2.35. The number of hydrogen-bond acceptors (Lipinski definition) is 8. The van der Waals surface area contributed by atoms with E-state index in [0.29, 0.717) is 12.8 Å². The van der Waals surface area contributed by atoms with Crippen molar-refractivity contribution in [3.8, 4) is 0 Å². The molecule has 3 N–H and O–H groups in total. The molecule has 0 bridgehead atoms. The SMILES string of the molecule is C[C@]1(C(=O)O)[C@@H](O)CC[C@]2(C)[C@H]3Cc4occc4C[C@@H]3[C@@H](OC(=O)c3ccccc3)[C@@H](OC(=O)c3ccccc3)[C@@]12O. The maximum Gasteiger partial charge on any atom is 0.338 e. The predicted octanol–water partition coefficient (Wildman–Crippen LogP) is 4.06. The standard InChI is InChI=1S/C33H34O9/c1-31-15-13-25(34)32(2,30(37)38)33(31,39)27(42-29(36)20-11-7-4-8-12-20)26(41-28(35)19-9-5-3-6-10-19)22-17-21-14-16-40-24(21)18-23(22)31/h3-12,14,16,22-23,25-27,34,39H,13,15,17-18H2,1-2H3,(H,37,38)/t22-,23-,25-,26+,27+,31+,32+,33-/m0/s1. The van der Waals surface area contributed by atoms with Gasteiger partial charge in [-0.3, -0.25) is 4.79 Å². The van der Waals surface area contributed by atoms with Crippen molar-refractivity contribution >= 4 is 17.9 Å². The summed E-state index contributed by atoms with van der Waals surface area (Å²) in [6.07, 6.45) is -1.60. The van der Waals surface area contributed by atoms with Gasteiger partial charge in [-0.05, 0) is 68.0 Å². The summed E-state index contributed by atoms with van der Waals surface area (Å²) in [5.74, 6) is -3.09. The van der Waals surface area contributed by atoms with E-state index in [0.717, 1.165) is 11.3 Å². The summed E-state index contributed by atoms with van der Waals surface area (Å²) < 4.78 is 18.1. The first-order valence-corrected chi connectivity index (χ1v) is 14.2. The molecule has 0 spiro atoms. The van der Waals surface area contributed by atoms with Crippen molar-refractivity contribution in [3.05, 3.63) is 95.4 Å². The van der Waals surface area contributed by atoms with Gasteiger partial charge in [0.1, 0.15) is 22.9 Å². The van der Waals surface area contributed by atoms with Gasteiger partial charge in [-0.2, -0.15) is 0 Å². The Kier molecular flexibility index (Phi) is 6.78. The van der Waals surface area contributed by atoms with E-state index in [4.69, 9.17) is 13.9 Å². The molecule has 3 aliphatic carbocycles. The number of rotatable bonds is 5. The number of fused-ring (bicyclic) bond motifs is 4. The molecule has 2 aromatic carbocycles. The largest absolute Gasteiger partial charge is 0.481 e. The molecule has 0 aliphatic heterocycles. The van der Waals surface area contributed by atoms with E-state index in [9.17, 15) is 29.7 Å². The van der Waals surface area contributed by atoms with Crippen LogP contribution in [0, 0.1) is 22.7 Å². The van der Waals surface area contributed by atoms with Crippen molar-refractivity contribution in [3.63, 3.8) is 0 Å². The zero-order valence-electron chi connectivity index (χ0n) is 23.4. The summed E-state index contributed by atoms with van der Waals surface area (Å²) in [4.78, 5) is 40.2. The average Bonchev–Trinajstić information content (AvgIpc) is 3.47. The number of aliphatic carboxylic acids is 1. The maximum absolute atomic E-state index is 13.6. The second-order valence-electron chi connectivity index (χ2n) is 12.2. The van der Waals surface area contributed by atoms with Crippen LogP contribution in [-0.2, 0) is 27.1 Å². The van der Waals surface area contributed by atoms with E-state index < -0.39 is 64.5 Å². The van der Waals surface area contributed by atoms with Crippen molar-refractivity contribution in [2.75, 3.05) is 0 Å². The van der Waals surface area contributed by atoms with Crippen LogP contribution in [0.5, 0.6) is 0 Å². The third-order valence-electron chi connectivity index (χ3n) is 10.4. The molecule has 2 saturated carbocycles. The first kappa shape index (κ1) is 28.2. The lowest BCUT2D eigenvalue weighted by molar-refractivity contribution is -0.325. The zero-order chi connectivity index (χ0) is 29.9. The number of carbonyl (C=O) groups excluding carboxylic acids is 2. The number of benzene rings is 2. The number of carboxylic acids is 1. The van der Waals surface area contributed by atoms with Crippen molar-refractivity contribution in [2.24, 2.45) is 22.7 Å². The van der Waals surface area contributed by atoms with Crippen molar-refractivity contribution in [1.29, 1.82) is 0 Å². The number of hydrogen-bond donors (Lipinski definition) is 3. The Hall–Kier alpha value is -3.95. The van der Waals surface area contributed by atoms with Crippen molar-refractivity contribution < 1.29 is 43.6 Å². The monoisotopic (exact) mass is 574 g/mol. The summed E-state index contributed by atoms with van der Waals surface area (Å²) in [5, 5.41) is 34.9. The number of aliphatic hydroxyl groups is 2. The number of esters is 2. The van der Waals surface area contributed by atoms with Crippen molar-refractivity contribution in [2.45, 2.75) is 63.4 Å². The molecule has 9 nitrogen and oxygen atoms in total. The first-order chi connectivity index (χ1) is 20.0. The summed E-state index contributed by atoms with van der Waals surface area (Å²) in [7, 11) is 0. The fourth-order valence-corrected chi connectivity index (χ4v) is 7.96. The fraction of sp³-hybridized carbons (Fsp3) is 0.424. The molecule has 8 atom stereocenters. The van der Waals surface area contributed by atoms with Gasteiger partial charge in [0, 0.05) is 17.8 Å². The number of furan rings is 1. The highest BCUT2D eigenvalue weighted by atomic mass is 16.6. The molecular weight excluding hydrogens is 540 g/mol. The molecule has 2 fully saturated rings. The Labute approximate surface area is 243 Å². The normalized spacial score (nSPS) is 35.2. The molecule has 220 valence electrons. The molecule has 42 heavy (non-hydrogen) atoms. The Bertz CT molecular complexity index is 1500. The van der Waals surface area contributed by atoms with Gasteiger partial charge in [-0.1, -0.05) is 43.3 Å². The zero-order valence-corrected chi connectivity index (χ0v) is 23.4. The summed E-state index contributed by atoms with van der Waals surface area (Å²) in [5.41, 5.74) is -4.34. The van der Waals surface area contributed by atoms with E-state index in [2.05, 4.69) is 0 Å². The van der Waals surface area contributed by atoms with Crippen LogP contribution in [0.25, 0.3) is 0 Å². The number of ether oxygens (including phenoxy) is 2. The van der Waals surface area contributed by atoms with Crippen LogP contribution in [-0.4, -0.2) is 57.1 Å². The lowest BCUT2D eigenvalue weighted by atomic mass is 9.40. The van der Waals surface area contributed by atoms with E-state index in [-0.39, 0.29) is 24.0 Å². The molecule has 1 aromatic heterocycles. The van der Waals surface area contributed by atoms with Crippen LogP contribution in [0.15, 0.2) is 77.4 Å². The van der Waals surface area contributed by atoms with Gasteiger partial charge in [0.25, 0.3) is 0 Å². The van der Waals surface area contributed by atoms with E-state index in [1.54, 1.807) is 73.9 Å². The minimum absolute atomic E-state index is 0.115. The van der Waals surface area contributed by atoms with Gasteiger partial charge in [0.15, 0.2) is 6.10 Å². The molecule has 0 amide bonds. The van der Waals surface area contributed by atoms with Gasteiger partial charge >= 0.3 is 17.9 Å². The van der Waals surface area contributed by atoms with Crippen LogP contribution in [0.1, 0.15) is 58.7 Å². The molecule has 1 heterocycles. The Morgan fingerprint density at radius 3 is 2.07 bits per heavy atom. The van der Waals surface area contributed by atoms with E-state index in [1.807, 2.05) is 6.07 Å². The molecule has 9 heteroatoms. The molecule has 3 aliphatic rings. The van der Waals surface area contributed by atoms with Crippen LogP contribution in [0.3, 0.4) is 0 Å². The van der Waals surface area contributed by atoms with Crippen molar-refractivity contribution in [1.82, 2.24) is 0 Å². The highest BCUT2D eigenvalue weighted by molar-refractivity contribution is 5.90. The van der Waals surface area contributed by atoms with Gasteiger partial charge < -0.3 is 29.2 Å². The third kappa shape index (κ3) is 3.94. The molecule has 0 saturated heterocycles. The quantitative estimate of drug-likeness (QED) is 0.384. The van der Waals surface area contributed by atoms with E-state index in [1.165, 1.54) is 6.92 Å². The minimum Gasteiger partial charge on any atom is -0.481 e. The van der Waals surface area contributed by atoms with Gasteiger partial charge in [-0.15, -0.1) is 0 Å². The van der Waals surface area contributed by atoms with Crippen LogP contribution < -0.4 is 0 Å². The van der Waals surface area contributed by atoms with Gasteiger partial charge in [-0.25, -0.2) is 9.59 Å². The second-order valence-corrected chi connectivity index (χ2v) is 12.2. The molecule has 0 radical (unpaired) electrons. The first-order valence-electron chi connectivity index (χ1n) is 14.2. The third-order valence-corrected chi connectivity index (χ3v) is 10.4. The van der Waals surface area contributed by atoms with Gasteiger partial charge in [0.05, 0.1) is 23.5 Å². The van der Waals surface area contributed by atoms with Gasteiger partial charge in [0.2, 0.25) is 0 Å². The Morgan fingerprint density at radius 1 is 0.881 bits per heavy atom. The van der Waals surface area contributed by atoms with Crippen LogP contribution in [0.4, 0.5) is 0 Å². The van der Waals surface area contributed by atoms with Crippen LogP contribution >= 0.6 is 0 Å². The Morgan fingerprint density at radius 2 is 1.48 bits per heavy atom. The second kappa shape index (κ2) is 10.1. The summed E-state index contributed by atoms with van der Waals surface area (Å²) in [6, 6.07) is 18.3. The van der Waals surface area contributed by atoms with Crippen LogP contribution in [0.2, 0.25) is 0 Å².